The van der Waals surface area contributed by atoms with E-state index in [4.69, 9.17) is 14.0 Å². The molecular weight excluding hydrogens is 558 g/mol. The number of aryl methyl sites for hydroxylation is 1. The number of ether oxygens (including phenoxy) is 1. The van der Waals surface area contributed by atoms with Crippen LogP contribution in [-0.2, 0) is 20.5 Å². The van der Waals surface area contributed by atoms with Gasteiger partial charge in [-0.25, -0.2) is 4.79 Å². The standard InChI is InChI=1S/C34H41N3O5Si/c1-25-22-37(33(39)35-32(25)38)31-21-29(30(41-31)24-40-36(5)23-26-15-9-6-10-16-26)42-43(34(2,3)4,27-17-11-7-12-18-27)28-19-13-8-14-20-28/h6-20,22,29-31H,21,23-24H2,1-5H3,(H,35,38,39)/t29-,30+,31+/m0/s1. The minimum Gasteiger partial charge on any atom is -0.402 e. The Labute approximate surface area is 254 Å². The lowest BCUT2D eigenvalue weighted by atomic mass is 10.2. The van der Waals surface area contributed by atoms with E-state index in [1.807, 2.05) is 37.4 Å². The van der Waals surface area contributed by atoms with E-state index in [-0.39, 0.29) is 17.7 Å². The molecule has 2 heterocycles. The Morgan fingerprint density at radius 1 is 0.930 bits per heavy atom. The van der Waals surface area contributed by atoms with E-state index in [9.17, 15) is 9.59 Å². The van der Waals surface area contributed by atoms with Crippen LogP contribution in [0.2, 0.25) is 5.04 Å². The molecule has 3 aromatic carbocycles. The quantitative estimate of drug-likeness (QED) is 0.218. The van der Waals surface area contributed by atoms with E-state index in [2.05, 4.69) is 86.4 Å². The van der Waals surface area contributed by atoms with Gasteiger partial charge in [-0.15, -0.1) is 0 Å². The van der Waals surface area contributed by atoms with Crippen molar-refractivity contribution in [2.45, 2.75) is 64.1 Å². The minimum atomic E-state index is -2.93. The second-order valence-electron chi connectivity index (χ2n) is 12.2. The molecular formula is C34H41N3O5Si. The van der Waals surface area contributed by atoms with E-state index >= 15 is 0 Å². The molecule has 1 aliphatic rings. The van der Waals surface area contributed by atoms with Crippen LogP contribution < -0.4 is 21.6 Å². The number of benzene rings is 3. The molecule has 0 bridgehead atoms. The van der Waals surface area contributed by atoms with Crippen molar-refractivity contribution < 1.29 is 14.0 Å². The number of nitrogens with zero attached hydrogens (tertiary/aromatic N) is 2. The third-order valence-electron chi connectivity index (χ3n) is 8.09. The summed E-state index contributed by atoms with van der Waals surface area (Å²) in [5, 5.41) is 3.88. The average Bonchev–Trinajstić information content (AvgIpc) is 3.39. The lowest BCUT2D eigenvalue weighted by Gasteiger charge is -2.45. The van der Waals surface area contributed by atoms with Crippen LogP contribution in [0.4, 0.5) is 0 Å². The number of hydroxylamine groups is 2. The van der Waals surface area contributed by atoms with Gasteiger partial charge in [0, 0.05) is 31.8 Å². The molecule has 3 atom stereocenters. The molecule has 8 nitrogen and oxygen atoms in total. The van der Waals surface area contributed by atoms with Gasteiger partial charge in [-0.3, -0.25) is 19.2 Å². The highest BCUT2D eigenvalue weighted by molar-refractivity contribution is 6.99. The summed E-state index contributed by atoms with van der Waals surface area (Å²) in [4.78, 5) is 33.7. The molecule has 226 valence electrons. The first kappa shape index (κ1) is 30.8. The fourth-order valence-corrected chi connectivity index (χ4v) is 10.7. The smallest absolute Gasteiger partial charge is 0.330 e. The minimum absolute atomic E-state index is 0.236. The van der Waals surface area contributed by atoms with Crippen LogP contribution in [0.5, 0.6) is 0 Å². The molecule has 1 saturated heterocycles. The van der Waals surface area contributed by atoms with Gasteiger partial charge in [0.2, 0.25) is 0 Å². The summed E-state index contributed by atoms with van der Waals surface area (Å²) in [6.07, 6.45) is 0.506. The Hall–Kier alpha value is -3.60. The highest BCUT2D eigenvalue weighted by Gasteiger charge is 2.54. The third-order valence-corrected chi connectivity index (χ3v) is 13.2. The van der Waals surface area contributed by atoms with E-state index in [0.717, 1.165) is 15.9 Å². The number of H-pyrrole nitrogens is 1. The maximum Gasteiger partial charge on any atom is 0.330 e. The van der Waals surface area contributed by atoms with Gasteiger partial charge in [0.15, 0.2) is 0 Å². The molecule has 0 spiro atoms. The Balaban J connectivity index is 1.52. The molecule has 0 saturated carbocycles. The Morgan fingerprint density at radius 3 is 2.05 bits per heavy atom. The molecule has 0 unspecified atom stereocenters. The predicted octanol–water partition coefficient (Wildman–Crippen LogP) is 4.14. The Bertz CT molecular complexity index is 1560. The average molecular weight is 600 g/mol. The number of hydrogen-bond acceptors (Lipinski definition) is 6. The molecule has 9 heteroatoms. The van der Waals surface area contributed by atoms with Crippen LogP contribution in [0.15, 0.2) is 107 Å². The lowest BCUT2D eigenvalue weighted by Crippen LogP contribution is -2.68. The van der Waals surface area contributed by atoms with Crippen LogP contribution in [-0.4, -0.2) is 48.8 Å². The van der Waals surface area contributed by atoms with Crippen molar-refractivity contribution in [3.63, 3.8) is 0 Å². The number of nitrogens with one attached hydrogen (secondary N) is 1. The largest absolute Gasteiger partial charge is 0.402 e. The van der Waals surface area contributed by atoms with Gasteiger partial charge >= 0.3 is 5.69 Å². The highest BCUT2D eigenvalue weighted by atomic mass is 28.4. The molecule has 1 aromatic heterocycles. The molecule has 5 rings (SSSR count). The molecule has 1 N–H and O–H groups in total. The van der Waals surface area contributed by atoms with Crippen molar-refractivity contribution >= 4 is 18.7 Å². The van der Waals surface area contributed by atoms with E-state index in [0.29, 0.717) is 18.5 Å². The monoisotopic (exact) mass is 599 g/mol. The third kappa shape index (κ3) is 6.66. The number of aromatic nitrogens is 2. The van der Waals surface area contributed by atoms with Crippen LogP contribution in [0.3, 0.4) is 0 Å². The molecule has 0 radical (unpaired) electrons. The first-order chi connectivity index (χ1) is 20.6. The van der Waals surface area contributed by atoms with Crippen LogP contribution in [0, 0.1) is 6.92 Å². The van der Waals surface area contributed by atoms with Crippen molar-refractivity contribution in [1.29, 1.82) is 0 Å². The van der Waals surface area contributed by atoms with E-state index in [1.165, 1.54) is 4.57 Å². The summed E-state index contributed by atoms with van der Waals surface area (Å²) in [5.41, 5.74) is 0.662. The van der Waals surface area contributed by atoms with Crippen molar-refractivity contribution in [3.8, 4) is 0 Å². The lowest BCUT2D eigenvalue weighted by molar-refractivity contribution is -0.183. The fraction of sp³-hybridized carbons (Fsp3) is 0.353. The number of rotatable bonds is 10. The summed E-state index contributed by atoms with van der Waals surface area (Å²) in [6, 6.07) is 31.0. The van der Waals surface area contributed by atoms with Gasteiger partial charge in [-0.05, 0) is 27.9 Å². The van der Waals surface area contributed by atoms with Crippen molar-refractivity contribution in [2.75, 3.05) is 13.7 Å². The van der Waals surface area contributed by atoms with Crippen molar-refractivity contribution in [2.24, 2.45) is 0 Å². The summed E-state index contributed by atoms with van der Waals surface area (Å²) in [6.45, 7) is 9.24. The maximum atomic E-state index is 12.9. The molecule has 0 aliphatic carbocycles. The van der Waals surface area contributed by atoms with Crippen molar-refractivity contribution in [1.82, 2.24) is 14.6 Å². The second kappa shape index (κ2) is 12.9. The van der Waals surface area contributed by atoms with Crippen LogP contribution in [0.25, 0.3) is 0 Å². The molecule has 1 fully saturated rings. The molecule has 1 aliphatic heterocycles. The van der Waals surface area contributed by atoms with Crippen molar-refractivity contribution in [3.05, 3.63) is 129 Å². The normalized spacial score (nSPS) is 19.2. The molecule has 4 aromatic rings. The summed E-state index contributed by atoms with van der Waals surface area (Å²) in [7, 11) is -1.04. The molecule has 0 amide bonds. The van der Waals surface area contributed by atoms with Gasteiger partial charge in [-0.1, -0.05) is 112 Å². The Kier molecular flexibility index (Phi) is 9.29. The predicted molar refractivity (Wildman–Crippen MR) is 171 cm³/mol. The van der Waals surface area contributed by atoms with Gasteiger partial charge in [0.25, 0.3) is 13.9 Å². The first-order valence-electron chi connectivity index (χ1n) is 14.7. The topological polar surface area (TPSA) is 85.8 Å². The number of hydrogen-bond donors (Lipinski definition) is 1. The Morgan fingerprint density at radius 2 is 1.49 bits per heavy atom. The van der Waals surface area contributed by atoms with Crippen LogP contribution >= 0.6 is 0 Å². The maximum absolute atomic E-state index is 12.9. The van der Waals surface area contributed by atoms with Crippen LogP contribution in [0.1, 0.15) is 44.5 Å². The summed E-state index contributed by atoms with van der Waals surface area (Å²) in [5.74, 6) is 0. The van der Waals surface area contributed by atoms with E-state index < -0.39 is 31.9 Å². The zero-order valence-electron chi connectivity index (χ0n) is 25.5. The van der Waals surface area contributed by atoms with Gasteiger partial charge < -0.3 is 9.16 Å². The van der Waals surface area contributed by atoms with Gasteiger partial charge in [-0.2, -0.15) is 5.06 Å². The second-order valence-corrected chi connectivity index (χ2v) is 16.5. The number of aromatic amines is 1. The summed E-state index contributed by atoms with van der Waals surface area (Å²) < 4.78 is 15.5. The fourth-order valence-electron chi connectivity index (χ4n) is 5.95. The summed E-state index contributed by atoms with van der Waals surface area (Å²) >= 11 is 0. The van der Waals surface area contributed by atoms with E-state index in [1.54, 1.807) is 18.2 Å². The van der Waals surface area contributed by atoms with Gasteiger partial charge in [0.1, 0.15) is 12.3 Å². The molecule has 43 heavy (non-hydrogen) atoms. The SMILES string of the molecule is Cc1cn([C@H]2C[C@H](O[Si](c3ccccc3)(c3ccccc3)C(C)(C)C)[C@@H](CON(C)Cc3ccccc3)O2)c(=O)[nH]c1=O. The zero-order chi connectivity index (χ0) is 30.6. The zero-order valence-corrected chi connectivity index (χ0v) is 26.5. The highest BCUT2D eigenvalue weighted by Crippen LogP contribution is 2.41. The first-order valence-corrected chi connectivity index (χ1v) is 16.6. The van der Waals surface area contributed by atoms with Gasteiger partial charge in [0.05, 0.1) is 12.7 Å².